The standard InChI is InChI=1S/C24H29F3N6O2/c1-16-5-6-19-20(16)22(30-15-29-19)31-9-11-32(12-10-31)23(35)33(8-7-28)14-17-3-2-4-18(13-17)21(34)24(25,26)27/h2-4,13,15-16H,5-12,14,28H2,1H3/t16-/m1/s1. The van der Waals surface area contributed by atoms with E-state index in [2.05, 4.69) is 21.8 Å². The molecule has 1 aromatic heterocycles. The number of hydrogen-bond acceptors (Lipinski definition) is 6. The fourth-order valence-corrected chi connectivity index (χ4v) is 4.78. The summed E-state index contributed by atoms with van der Waals surface area (Å²) < 4.78 is 38.5. The van der Waals surface area contributed by atoms with Gasteiger partial charge in [0.1, 0.15) is 12.1 Å². The fraction of sp³-hybridized carbons (Fsp3) is 0.500. The van der Waals surface area contributed by atoms with Crippen molar-refractivity contribution in [1.29, 1.82) is 0 Å². The molecule has 4 rings (SSSR count). The molecule has 0 saturated carbocycles. The second-order valence-electron chi connectivity index (χ2n) is 8.99. The molecule has 2 aliphatic rings. The van der Waals surface area contributed by atoms with E-state index in [1.54, 1.807) is 17.3 Å². The lowest BCUT2D eigenvalue weighted by molar-refractivity contribution is -0.0885. The van der Waals surface area contributed by atoms with Crippen molar-refractivity contribution in [3.05, 3.63) is 53.0 Å². The Morgan fingerprint density at radius 2 is 1.91 bits per heavy atom. The molecule has 188 valence electrons. The van der Waals surface area contributed by atoms with E-state index in [0.717, 1.165) is 30.4 Å². The van der Waals surface area contributed by atoms with E-state index in [1.807, 2.05) is 0 Å². The number of hydrogen-bond donors (Lipinski definition) is 1. The molecular formula is C24H29F3N6O2. The summed E-state index contributed by atoms with van der Waals surface area (Å²) in [6.07, 6.45) is -1.34. The van der Waals surface area contributed by atoms with Gasteiger partial charge in [-0.05, 0) is 30.4 Å². The third kappa shape index (κ3) is 5.39. The number of alkyl halides is 3. The molecule has 8 nitrogen and oxygen atoms in total. The molecule has 1 atom stereocenters. The average Bonchev–Trinajstić information content (AvgIpc) is 3.23. The van der Waals surface area contributed by atoms with Crippen LogP contribution in [-0.4, -0.2) is 77.0 Å². The number of fused-ring (bicyclic) bond motifs is 1. The molecule has 1 aromatic carbocycles. The fourth-order valence-electron chi connectivity index (χ4n) is 4.78. The maximum Gasteiger partial charge on any atom is 0.454 e. The number of anilines is 1. The Bertz CT molecular complexity index is 1090. The van der Waals surface area contributed by atoms with Crippen LogP contribution in [0.15, 0.2) is 30.6 Å². The molecule has 2 heterocycles. The number of ketones is 1. The van der Waals surface area contributed by atoms with Crippen LogP contribution in [0.25, 0.3) is 0 Å². The van der Waals surface area contributed by atoms with Gasteiger partial charge in [-0.25, -0.2) is 14.8 Å². The maximum atomic E-state index is 13.3. The van der Waals surface area contributed by atoms with Crippen LogP contribution in [0.5, 0.6) is 0 Å². The SMILES string of the molecule is C[C@@H]1CCc2ncnc(N3CCN(C(=O)N(CCN)Cc4cccc(C(=O)C(F)(F)F)c4)CC3)c21. The quantitative estimate of drug-likeness (QED) is 0.626. The van der Waals surface area contributed by atoms with Crippen LogP contribution in [0.2, 0.25) is 0 Å². The summed E-state index contributed by atoms with van der Waals surface area (Å²) in [5.41, 5.74) is 8.00. The van der Waals surface area contributed by atoms with Gasteiger partial charge in [0.15, 0.2) is 0 Å². The molecule has 1 fully saturated rings. The van der Waals surface area contributed by atoms with E-state index in [4.69, 9.17) is 5.73 Å². The molecule has 2 aromatic rings. The second kappa shape index (κ2) is 10.2. The third-order valence-corrected chi connectivity index (χ3v) is 6.59. The summed E-state index contributed by atoms with van der Waals surface area (Å²) in [7, 11) is 0. The zero-order chi connectivity index (χ0) is 25.2. The van der Waals surface area contributed by atoms with E-state index >= 15 is 0 Å². The summed E-state index contributed by atoms with van der Waals surface area (Å²) >= 11 is 0. The minimum atomic E-state index is -4.95. The zero-order valence-electron chi connectivity index (χ0n) is 19.6. The van der Waals surface area contributed by atoms with Gasteiger partial charge in [0.25, 0.3) is 5.78 Å². The van der Waals surface area contributed by atoms with Crippen molar-refractivity contribution < 1.29 is 22.8 Å². The minimum Gasteiger partial charge on any atom is -0.353 e. The number of piperazine rings is 1. The molecule has 0 radical (unpaired) electrons. The molecular weight excluding hydrogens is 461 g/mol. The number of nitrogens with two attached hydrogens (primary N) is 1. The van der Waals surface area contributed by atoms with Crippen LogP contribution < -0.4 is 10.6 Å². The number of nitrogens with zero attached hydrogens (tertiary/aromatic N) is 5. The van der Waals surface area contributed by atoms with Crippen LogP contribution in [0, 0.1) is 0 Å². The highest BCUT2D eigenvalue weighted by Gasteiger charge is 2.39. The normalized spacial score (nSPS) is 17.9. The third-order valence-electron chi connectivity index (χ3n) is 6.59. The Labute approximate surface area is 201 Å². The molecule has 0 spiro atoms. The number of carbonyl (C=O) groups is 2. The Morgan fingerprint density at radius 3 is 2.60 bits per heavy atom. The predicted molar refractivity (Wildman–Crippen MR) is 124 cm³/mol. The molecule has 0 unspecified atom stereocenters. The van der Waals surface area contributed by atoms with Gasteiger partial charge in [0, 0.05) is 62.6 Å². The van der Waals surface area contributed by atoms with E-state index in [9.17, 15) is 22.8 Å². The first-order valence-electron chi connectivity index (χ1n) is 11.7. The summed E-state index contributed by atoms with van der Waals surface area (Å²) in [5.74, 6) is -0.560. The summed E-state index contributed by atoms with van der Waals surface area (Å²) in [4.78, 5) is 39.2. The van der Waals surface area contributed by atoms with E-state index in [0.29, 0.717) is 37.7 Å². The van der Waals surface area contributed by atoms with Gasteiger partial charge in [-0.15, -0.1) is 0 Å². The van der Waals surface area contributed by atoms with E-state index in [1.165, 1.54) is 22.6 Å². The number of amides is 2. The molecule has 2 N–H and O–H groups in total. The smallest absolute Gasteiger partial charge is 0.353 e. The molecule has 35 heavy (non-hydrogen) atoms. The molecule has 1 aliphatic heterocycles. The van der Waals surface area contributed by atoms with Crippen molar-refractivity contribution in [2.24, 2.45) is 5.73 Å². The van der Waals surface area contributed by atoms with Gasteiger partial charge < -0.3 is 20.4 Å². The molecule has 11 heteroatoms. The Morgan fingerprint density at radius 1 is 1.17 bits per heavy atom. The predicted octanol–water partition coefficient (Wildman–Crippen LogP) is 2.97. The lowest BCUT2D eigenvalue weighted by Gasteiger charge is -2.38. The highest BCUT2D eigenvalue weighted by Crippen LogP contribution is 2.37. The van der Waals surface area contributed by atoms with Crippen molar-refractivity contribution in [2.45, 2.75) is 38.4 Å². The number of aromatic nitrogens is 2. The number of Topliss-reactive ketones (excluding diaryl/α,β-unsaturated/α-hetero) is 1. The lowest BCUT2D eigenvalue weighted by Crippen LogP contribution is -2.53. The van der Waals surface area contributed by atoms with Gasteiger partial charge >= 0.3 is 12.2 Å². The van der Waals surface area contributed by atoms with Crippen molar-refractivity contribution in [3.63, 3.8) is 0 Å². The van der Waals surface area contributed by atoms with Gasteiger partial charge in [-0.2, -0.15) is 13.2 Å². The van der Waals surface area contributed by atoms with Crippen molar-refractivity contribution >= 4 is 17.6 Å². The van der Waals surface area contributed by atoms with Gasteiger partial charge in [-0.3, -0.25) is 4.79 Å². The first-order valence-corrected chi connectivity index (χ1v) is 11.7. The first-order chi connectivity index (χ1) is 16.7. The van der Waals surface area contributed by atoms with Crippen molar-refractivity contribution in [2.75, 3.05) is 44.2 Å². The number of aryl methyl sites for hydroxylation is 1. The van der Waals surface area contributed by atoms with Crippen LogP contribution in [-0.2, 0) is 13.0 Å². The minimum absolute atomic E-state index is 0.0617. The Hall–Kier alpha value is -3.21. The second-order valence-corrected chi connectivity index (χ2v) is 8.99. The van der Waals surface area contributed by atoms with E-state index in [-0.39, 0.29) is 25.7 Å². The van der Waals surface area contributed by atoms with E-state index < -0.39 is 17.5 Å². The first kappa shape index (κ1) is 24.9. The summed E-state index contributed by atoms with van der Waals surface area (Å²) in [6, 6.07) is 5.06. The molecule has 1 aliphatic carbocycles. The van der Waals surface area contributed by atoms with Crippen LogP contribution >= 0.6 is 0 Å². The largest absolute Gasteiger partial charge is 0.454 e. The van der Waals surface area contributed by atoms with Crippen LogP contribution in [0.4, 0.5) is 23.8 Å². The zero-order valence-corrected chi connectivity index (χ0v) is 19.6. The highest BCUT2D eigenvalue weighted by atomic mass is 19.4. The number of carbonyl (C=O) groups excluding carboxylic acids is 2. The Kier molecular flexibility index (Phi) is 7.25. The van der Waals surface area contributed by atoms with Gasteiger partial charge in [0.05, 0.1) is 0 Å². The van der Waals surface area contributed by atoms with Gasteiger partial charge in [-0.1, -0.05) is 25.1 Å². The van der Waals surface area contributed by atoms with Gasteiger partial charge in [0.2, 0.25) is 0 Å². The molecule has 1 saturated heterocycles. The van der Waals surface area contributed by atoms with Crippen molar-refractivity contribution in [1.82, 2.24) is 19.8 Å². The average molecular weight is 491 g/mol. The molecule has 0 bridgehead atoms. The topological polar surface area (TPSA) is 95.7 Å². The van der Waals surface area contributed by atoms with Crippen LogP contribution in [0.1, 0.15) is 46.4 Å². The number of urea groups is 1. The van der Waals surface area contributed by atoms with Crippen molar-refractivity contribution in [3.8, 4) is 0 Å². The maximum absolute atomic E-state index is 13.3. The number of rotatable bonds is 6. The summed E-state index contributed by atoms with van der Waals surface area (Å²) in [6.45, 7) is 4.90. The lowest BCUT2D eigenvalue weighted by atomic mass is 10.1. The molecule has 2 amide bonds. The highest BCUT2D eigenvalue weighted by molar-refractivity contribution is 6.00. The monoisotopic (exact) mass is 490 g/mol. The number of halogens is 3. The van der Waals surface area contributed by atoms with Crippen LogP contribution in [0.3, 0.4) is 0 Å². The summed E-state index contributed by atoms with van der Waals surface area (Å²) in [5, 5.41) is 0. The number of benzene rings is 1. The Balaban J connectivity index is 1.42.